The molecule has 46 heavy (non-hydrogen) atoms. The standard InChI is InChI=1S/C34H31Cl2IN2O6S/c1-6-43-24-11-8-21(9-12-24)30-29(33(41)45-18(2)3)19(4)38-34-39(30)32(40)28(46-34)15-20-13-26(37)31(27(14-20)42-5)44-17-22-7-10-23(35)16-25(22)36/h7-16,18,30H,6,17H2,1-5H3/b28-15+/t30-/m0/s1. The van der Waals surface area contributed by atoms with Crippen molar-refractivity contribution in [2.24, 2.45) is 4.99 Å². The lowest BCUT2D eigenvalue weighted by Crippen LogP contribution is -2.40. The monoisotopic (exact) mass is 792 g/mol. The molecule has 240 valence electrons. The first-order chi connectivity index (χ1) is 22.0. The van der Waals surface area contributed by atoms with Gasteiger partial charge in [-0.05, 0) is 104 Å². The van der Waals surface area contributed by atoms with Gasteiger partial charge in [-0.3, -0.25) is 9.36 Å². The average molecular weight is 794 g/mol. The van der Waals surface area contributed by atoms with E-state index in [0.29, 0.717) is 54.5 Å². The Morgan fingerprint density at radius 2 is 1.85 bits per heavy atom. The highest BCUT2D eigenvalue weighted by molar-refractivity contribution is 14.1. The Balaban J connectivity index is 1.56. The van der Waals surface area contributed by atoms with Gasteiger partial charge >= 0.3 is 5.97 Å². The second-order valence-electron chi connectivity index (χ2n) is 10.6. The Labute approximate surface area is 294 Å². The summed E-state index contributed by atoms with van der Waals surface area (Å²) in [5.41, 5.74) is 2.78. The Morgan fingerprint density at radius 3 is 2.50 bits per heavy atom. The second-order valence-corrected chi connectivity index (χ2v) is 13.6. The molecule has 1 aromatic heterocycles. The molecule has 0 unspecified atom stereocenters. The molecule has 0 aliphatic carbocycles. The predicted octanol–water partition coefficient (Wildman–Crippen LogP) is 7.08. The van der Waals surface area contributed by atoms with Crippen molar-refractivity contribution in [2.75, 3.05) is 13.7 Å². The van der Waals surface area contributed by atoms with Crippen LogP contribution in [-0.4, -0.2) is 30.4 Å². The third-order valence-electron chi connectivity index (χ3n) is 7.03. The van der Waals surface area contributed by atoms with E-state index in [2.05, 4.69) is 27.6 Å². The quantitative estimate of drug-likeness (QED) is 0.126. The fourth-order valence-corrected chi connectivity index (χ4v) is 7.28. The predicted molar refractivity (Wildman–Crippen MR) is 189 cm³/mol. The van der Waals surface area contributed by atoms with E-state index < -0.39 is 12.0 Å². The number of carbonyl (C=O) groups is 1. The maximum absolute atomic E-state index is 14.1. The third-order valence-corrected chi connectivity index (χ3v) is 9.40. The minimum Gasteiger partial charge on any atom is -0.494 e. The Kier molecular flexibility index (Phi) is 10.8. The zero-order valence-corrected chi connectivity index (χ0v) is 30.2. The van der Waals surface area contributed by atoms with Crippen molar-refractivity contribution in [3.8, 4) is 17.2 Å². The summed E-state index contributed by atoms with van der Waals surface area (Å²) in [5, 5.41) is 1.05. The van der Waals surface area contributed by atoms with Crippen molar-refractivity contribution in [3.63, 3.8) is 0 Å². The molecule has 4 aromatic rings. The number of hydrogen-bond donors (Lipinski definition) is 0. The minimum absolute atomic E-state index is 0.215. The molecule has 3 aromatic carbocycles. The van der Waals surface area contributed by atoms with E-state index in [-0.39, 0.29) is 18.3 Å². The lowest BCUT2D eigenvalue weighted by Gasteiger charge is -2.25. The van der Waals surface area contributed by atoms with Gasteiger partial charge < -0.3 is 18.9 Å². The summed E-state index contributed by atoms with van der Waals surface area (Å²) in [5.74, 6) is 1.22. The van der Waals surface area contributed by atoms with Crippen LogP contribution in [0.2, 0.25) is 10.0 Å². The summed E-state index contributed by atoms with van der Waals surface area (Å²) in [7, 11) is 1.56. The molecule has 0 amide bonds. The van der Waals surface area contributed by atoms with Crippen LogP contribution in [0.4, 0.5) is 0 Å². The number of aromatic nitrogens is 1. The molecular formula is C34H31Cl2IN2O6S. The molecule has 0 saturated heterocycles. The maximum atomic E-state index is 14.1. The van der Waals surface area contributed by atoms with E-state index in [4.69, 9.17) is 42.1 Å². The minimum atomic E-state index is -0.731. The van der Waals surface area contributed by atoms with Gasteiger partial charge in [-0.25, -0.2) is 9.79 Å². The molecular weight excluding hydrogens is 762 g/mol. The van der Waals surface area contributed by atoms with Crippen LogP contribution in [-0.2, 0) is 16.1 Å². The van der Waals surface area contributed by atoms with Gasteiger partial charge in [-0.2, -0.15) is 0 Å². The van der Waals surface area contributed by atoms with Crippen LogP contribution in [0.25, 0.3) is 6.08 Å². The number of hydrogen-bond acceptors (Lipinski definition) is 8. The van der Waals surface area contributed by atoms with E-state index in [0.717, 1.165) is 20.3 Å². The van der Waals surface area contributed by atoms with Crippen LogP contribution < -0.4 is 29.1 Å². The lowest BCUT2D eigenvalue weighted by atomic mass is 9.96. The van der Waals surface area contributed by atoms with Gasteiger partial charge in [0.1, 0.15) is 12.4 Å². The van der Waals surface area contributed by atoms with Gasteiger partial charge in [0.25, 0.3) is 5.56 Å². The molecule has 0 N–H and O–H groups in total. The molecule has 1 aliphatic rings. The van der Waals surface area contributed by atoms with Crippen LogP contribution in [0.15, 0.2) is 75.7 Å². The first kappa shape index (κ1) is 34.0. The maximum Gasteiger partial charge on any atom is 0.338 e. The van der Waals surface area contributed by atoms with Crippen molar-refractivity contribution < 1.29 is 23.7 Å². The molecule has 8 nitrogen and oxygen atoms in total. The van der Waals surface area contributed by atoms with Gasteiger partial charge in [-0.1, -0.05) is 52.7 Å². The van der Waals surface area contributed by atoms with Gasteiger partial charge in [0, 0.05) is 15.6 Å². The molecule has 5 rings (SSSR count). The largest absolute Gasteiger partial charge is 0.494 e. The summed E-state index contributed by atoms with van der Waals surface area (Å²) < 4.78 is 25.8. The van der Waals surface area contributed by atoms with Crippen molar-refractivity contribution in [2.45, 2.75) is 46.4 Å². The van der Waals surface area contributed by atoms with Crippen LogP contribution in [0.5, 0.6) is 17.2 Å². The van der Waals surface area contributed by atoms with Crippen LogP contribution in [0.3, 0.4) is 0 Å². The smallest absolute Gasteiger partial charge is 0.338 e. The number of thiazole rings is 1. The lowest BCUT2D eigenvalue weighted by molar-refractivity contribution is -0.143. The highest BCUT2D eigenvalue weighted by Gasteiger charge is 2.34. The molecule has 1 aliphatic heterocycles. The SMILES string of the molecule is CCOc1ccc([C@H]2C(C(=O)OC(C)C)=C(C)N=c3s/c(=C/c4cc(I)c(OCc5ccc(Cl)cc5Cl)c(OC)c4)c(=O)n32)cc1. The van der Waals surface area contributed by atoms with Crippen LogP contribution >= 0.6 is 57.1 Å². The van der Waals surface area contributed by atoms with E-state index in [1.54, 1.807) is 56.7 Å². The summed E-state index contributed by atoms with van der Waals surface area (Å²) in [6, 6.07) is 15.6. The first-order valence-corrected chi connectivity index (χ1v) is 17.1. The highest BCUT2D eigenvalue weighted by atomic mass is 127. The third kappa shape index (κ3) is 7.30. The number of methoxy groups -OCH3 is 1. The number of ether oxygens (including phenoxy) is 4. The summed E-state index contributed by atoms with van der Waals surface area (Å²) in [6.07, 6.45) is 1.44. The van der Waals surface area contributed by atoms with Crippen molar-refractivity contribution >= 4 is 69.2 Å². The van der Waals surface area contributed by atoms with Crippen molar-refractivity contribution in [1.29, 1.82) is 0 Å². The van der Waals surface area contributed by atoms with Crippen LogP contribution in [0, 0.1) is 3.57 Å². The number of rotatable bonds is 10. The molecule has 12 heteroatoms. The Morgan fingerprint density at radius 1 is 1.11 bits per heavy atom. The zero-order valence-electron chi connectivity index (χ0n) is 25.7. The molecule has 0 spiro atoms. The van der Waals surface area contributed by atoms with Gasteiger partial charge in [-0.15, -0.1) is 0 Å². The highest BCUT2D eigenvalue weighted by Crippen LogP contribution is 2.36. The number of allylic oxidation sites excluding steroid dienone is 1. The normalized spacial score (nSPS) is 14.6. The Hall–Kier alpha value is -3.32. The topological polar surface area (TPSA) is 88.4 Å². The van der Waals surface area contributed by atoms with Gasteiger partial charge in [0.05, 0.1) is 45.2 Å². The second kappa shape index (κ2) is 14.6. The van der Waals surface area contributed by atoms with E-state index in [1.165, 1.54) is 11.3 Å². The van der Waals surface area contributed by atoms with Crippen LogP contribution in [0.1, 0.15) is 50.4 Å². The molecule has 0 radical (unpaired) electrons. The zero-order chi connectivity index (χ0) is 33.1. The number of benzene rings is 3. The molecule has 0 fully saturated rings. The fraction of sp³-hybridized carbons (Fsp3) is 0.265. The molecule has 2 heterocycles. The first-order valence-electron chi connectivity index (χ1n) is 14.4. The van der Waals surface area contributed by atoms with E-state index >= 15 is 0 Å². The summed E-state index contributed by atoms with van der Waals surface area (Å²) in [6.45, 7) is 7.98. The number of halogens is 3. The number of nitrogens with zero attached hydrogens (tertiary/aromatic N) is 2. The molecule has 0 bridgehead atoms. The number of fused-ring (bicyclic) bond motifs is 1. The van der Waals surface area contributed by atoms with Gasteiger partial charge in [0.2, 0.25) is 0 Å². The fourth-order valence-electron chi connectivity index (χ4n) is 4.99. The summed E-state index contributed by atoms with van der Waals surface area (Å²) >= 11 is 15.8. The number of esters is 1. The van der Waals surface area contributed by atoms with Crippen molar-refractivity contribution in [3.05, 3.63) is 116 Å². The van der Waals surface area contributed by atoms with Crippen molar-refractivity contribution in [1.82, 2.24) is 4.57 Å². The van der Waals surface area contributed by atoms with E-state index in [9.17, 15) is 9.59 Å². The molecule has 1 atom stereocenters. The Bertz CT molecular complexity index is 2000. The van der Waals surface area contributed by atoms with Gasteiger partial charge in [0.15, 0.2) is 16.3 Å². The summed E-state index contributed by atoms with van der Waals surface area (Å²) in [4.78, 5) is 32.6. The molecule has 0 saturated carbocycles. The number of carbonyl (C=O) groups excluding carboxylic acids is 1. The van der Waals surface area contributed by atoms with E-state index in [1.807, 2.05) is 43.3 Å². The average Bonchev–Trinajstić information content (AvgIpc) is 3.30.